The lowest BCUT2D eigenvalue weighted by Gasteiger charge is -2.28. The summed E-state index contributed by atoms with van der Waals surface area (Å²) < 4.78 is 5.32. The lowest BCUT2D eigenvalue weighted by molar-refractivity contribution is -0.122. The van der Waals surface area contributed by atoms with E-state index < -0.39 is 0 Å². The smallest absolute Gasteiger partial charge is 0.221 e. The van der Waals surface area contributed by atoms with Crippen molar-refractivity contribution in [1.29, 1.82) is 0 Å². The third-order valence-electron chi connectivity index (χ3n) is 3.51. The fraction of sp³-hybridized carbons (Fsp3) is 0.923. The van der Waals surface area contributed by atoms with Crippen molar-refractivity contribution in [2.24, 2.45) is 11.3 Å². The van der Waals surface area contributed by atoms with Gasteiger partial charge in [0.15, 0.2) is 0 Å². The Morgan fingerprint density at radius 3 is 2.76 bits per heavy atom. The Kier molecular flexibility index (Phi) is 5.40. The predicted octanol–water partition coefficient (Wildman–Crippen LogP) is 1.16. The van der Waals surface area contributed by atoms with Crippen LogP contribution in [0.2, 0.25) is 0 Å². The van der Waals surface area contributed by atoms with Crippen LogP contribution < -0.4 is 10.6 Å². The molecule has 0 aromatic heterocycles. The van der Waals surface area contributed by atoms with Crippen LogP contribution in [0.3, 0.4) is 0 Å². The first-order chi connectivity index (χ1) is 7.89. The zero-order valence-electron chi connectivity index (χ0n) is 11.5. The predicted molar refractivity (Wildman–Crippen MR) is 68.9 cm³/mol. The van der Waals surface area contributed by atoms with E-state index in [-0.39, 0.29) is 17.4 Å². The van der Waals surface area contributed by atoms with Crippen molar-refractivity contribution in [2.75, 3.05) is 26.3 Å². The van der Waals surface area contributed by atoms with Gasteiger partial charge in [-0.2, -0.15) is 0 Å². The van der Waals surface area contributed by atoms with Crippen molar-refractivity contribution in [1.82, 2.24) is 10.6 Å². The quantitative estimate of drug-likeness (QED) is 0.778. The highest BCUT2D eigenvalue weighted by molar-refractivity contribution is 5.76. The van der Waals surface area contributed by atoms with Crippen LogP contribution in [0.5, 0.6) is 0 Å². The normalized spacial score (nSPS) is 23.2. The molecule has 2 atom stereocenters. The van der Waals surface area contributed by atoms with E-state index in [1.807, 2.05) is 0 Å². The van der Waals surface area contributed by atoms with Crippen LogP contribution in [0.4, 0.5) is 0 Å². The summed E-state index contributed by atoms with van der Waals surface area (Å²) in [6, 6.07) is 0.175. The fourth-order valence-electron chi connectivity index (χ4n) is 1.62. The van der Waals surface area contributed by atoms with Crippen LogP contribution in [0.1, 0.15) is 34.1 Å². The molecule has 1 fully saturated rings. The Morgan fingerprint density at radius 1 is 1.53 bits per heavy atom. The highest BCUT2D eigenvalue weighted by atomic mass is 16.5. The van der Waals surface area contributed by atoms with E-state index in [0.717, 1.165) is 19.7 Å². The van der Waals surface area contributed by atoms with Gasteiger partial charge in [-0.25, -0.2) is 0 Å². The number of amides is 1. The summed E-state index contributed by atoms with van der Waals surface area (Å²) in [5.74, 6) is 0.589. The van der Waals surface area contributed by atoms with Crippen molar-refractivity contribution in [3.8, 4) is 0 Å². The fourth-order valence-corrected chi connectivity index (χ4v) is 1.62. The van der Waals surface area contributed by atoms with Crippen molar-refractivity contribution < 1.29 is 9.53 Å². The van der Waals surface area contributed by atoms with Crippen LogP contribution in [0, 0.1) is 11.3 Å². The van der Waals surface area contributed by atoms with Gasteiger partial charge in [0.2, 0.25) is 5.91 Å². The number of carbonyl (C=O) groups is 1. The van der Waals surface area contributed by atoms with Crippen molar-refractivity contribution in [3.63, 3.8) is 0 Å². The number of hydrogen-bond donors (Lipinski definition) is 2. The average Bonchev–Trinajstić information content (AvgIpc) is 2.26. The standard InChI is InChI=1S/C13H26N2O2/c1-10(13(2,3)4)8-15-12(16)7-11-9-17-6-5-14-11/h10-11,14H,5-9H2,1-4H3,(H,15,16). The summed E-state index contributed by atoms with van der Waals surface area (Å²) in [7, 11) is 0. The molecular formula is C13H26N2O2. The summed E-state index contributed by atoms with van der Waals surface area (Å²) in [5.41, 5.74) is 0.236. The molecule has 0 aromatic carbocycles. The molecule has 1 aliphatic rings. The highest BCUT2D eigenvalue weighted by Crippen LogP contribution is 2.24. The molecule has 1 heterocycles. The van der Waals surface area contributed by atoms with E-state index in [4.69, 9.17) is 4.74 Å². The summed E-state index contributed by atoms with van der Waals surface area (Å²) in [6.45, 7) is 11.7. The lowest BCUT2D eigenvalue weighted by Crippen LogP contribution is -2.45. The number of morpholine rings is 1. The lowest BCUT2D eigenvalue weighted by atomic mass is 9.82. The first-order valence-electron chi connectivity index (χ1n) is 6.47. The summed E-state index contributed by atoms with van der Waals surface area (Å²) in [5, 5.41) is 6.28. The maximum atomic E-state index is 11.7. The molecule has 1 saturated heterocycles. The van der Waals surface area contributed by atoms with Gasteiger partial charge in [-0.05, 0) is 11.3 Å². The zero-order chi connectivity index (χ0) is 12.9. The minimum Gasteiger partial charge on any atom is -0.378 e. The molecule has 0 bridgehead atoms. The Hall–Kier alpha value is -0.610. The highest BCUT2D eigenvalue weighted by Gasteiger charge is 2.21. The van der Waals surface area contributed by atoms with Crippen LogP contribution in [0.25, 0.3) is 0 Å². The largest absolute Gasteiger partial charge is 0.378 e. The van der Waals surface area contributed by atoms with Crippen molar-refractivity contribution in [2.45, 2.75) is 40.2 Å². The van der Waals surface area contributed by atoms with Crippen LogP contribution >= 0.6 is 0 Å². The number of ether oxygens (including phenoxy) is 1. The molecule has 1 amide bonds. The zero-order valence-corrected chi connectivity index (χ0v) is 11.5. The molecule has 0 radical (unpaired) electrons. The average molecular weight is 242 g/mol. The van der Waals surface area contributed by atoms with Crippen molar-refractivity contribution >= 4 is 5.91 Å². The van der Waals surface area contributed by atoms with Gasteiger partial charge in [0.05, 0.1) is 13.2 Å². The summed E-state index contributed by atoms with van der Waals surface area (Å²) in [6.07, 6.45) is 0.511. The molecule has 1 aliphatic heterocycles. The third kappa shape index (κ3) is 5.50. The monoisotopic (exact) mass is 242 g/mol. The molecule has 0 saturated carbocycles. The number of carbonyl (C=O) groups excluding carboxylic acids is 1. The van der Waals surface area contributed by atoms with E-state index in [9.17, 15) is 4.79 Å². The van der Waals surface area contributed by atoms with Gasteiger partial charge < -0.3 is 15.4 Å². The SMILES string of the molecule is CC(CNC(=O)CC1COCCN1)C(C)(C)C. The van der Waals surface area contributed by atoms with E-state index in [1.54, 1.807) is 0 Å². The third-order valence-corrected chi connectivity index (χ3v) is 3.51. The molecule has 2 N–H and O–H groups in total. The molecular weight excluding hydrogens is 216 g/mol. The minimum absolute atomic E-state index is 0.115. The van der Waals surface area contributed by atoms with Gasteiger partial charge in [-0.1, -0.05) is 27.7 Å². The molecule has 0 spiro atoms. The van der Waals surface area contributed by atoms with Gasteiger partial charge in [0.25, 0.3) is 0 Å². The van der Waals surface area contributed by atoms with Crippen molar-refractivity contribution in [3.05, 3.63) is 0 Å². The maximum absolute atomic E-state index is 11.7. The van der Waals surface area contributed by atoms with Gasteiger partial charge in [0, 0.05) is 25.6 Å². The van der Waals surface area contributed by atoms with Crippen LogP contribution in [-0.2, 0) is 9.53 Å². The molecule has 4 heteroatoms. The number of rotatable bonds is 4. The minimum atomic E-state index is 0.115. The molecule has 100 valence electrons. The number of nitrogens with one attached hydrogen (secondary N) is 2. The Bertz CT molecular complexity index is 242. The molecule has 0 aliphatic carbocycles. The summed E-state index contributed by atoms with van der Waals surface area (Å²) in [4.78, 5) is 11.7. The second-order valence-electron chi connectivity index (χ2n) is 6.00. The van der Waals surface area contributed by atoms with Gasteiger partial charge in [-0.3, -0.25) is 4.79 Å². The molecule has 17 heavy (non-hydrogen) atoms. The topological polar surface area (TPSA) is 50.4 Å². The maximum Gasteiger partial charge on any atom is 0.221 e. The number of hydrogen-bond acceptors (Lipinski definition) is 3. The van der Waals surface area contributed by atoms with Gasteiger partial charge >= 0.3 is 0 Å². The van der Waals surface area contributed by atoms with Crippen LogP contribution in [-0.4, -0.2) is 38.3 Å². The molecule has 1 rings (SSSR count). The van der Waals surface area contributed by atoms with Crippen LogP contribution in [0.15, 0.2) is 0 Å². The van der Waals surface area contributed by atoms with Gasteiger partial charge in [-0.15, -0.1) is 0 Å². The second-order valence-corrected chi connectivity index (χ2v) is 6.00. The Labute approximate surface area is 104 Å². The van der Waals surface area contributed by atoms with E-state index in [2.05, 4.69) is 38.3 Å². The van der Waals surface area contributed by atoms with Gasteiger partial charge in [0.1, 0.15) is 0 Å². The second kappa shape index (κ2) is 6.36. The molecule has 0 aromatic rings. The first kappa shape index (κ1) is 14.5. The molecule has 4 nitrogen and oxygen atoms in total. The Morgan fingerprint density at radius 2 is 2.24 bits per heavy atom. The summed E-state index contributed by atoms with van der Waals surface area (Å²) >= 11 is 0. The van der Waals surface area contributed by atoms with E-state index >= 15 is 0 Å². The Balaban J connectivity index is 2.20. The van der Waals surface area contributed by atoms with E-state index in [0.29, 0.717) is 18.9 Å². The first-order valence-corrected chi connectivity index (χ1v) is 6.47. The van der Waals surface area contributed by atoms with E-state index in [1.165, 1.54) is 0 Å². The molecule has 2 unspecified atom stereocenters.